The molecule has 2 aromatic heterocycles. The predicted molar refractivity (Wildman–Crippen MR) is 85.0 cm³/mol. The zero-order chi connectivity index (χ0) is 15.9. The molecular weight excluding hydrogens is 306 g/mol. The lowest BCUT2D eigenvalue weighted by molar-refractivity contribution is 0.273. The quantitative estimate of drug-likeness (QED) is 0.766. The van der Waals surface area contributed by atoms with Gasteiger partial charge in [0.2, 0.25) is 0 Å². The van der Waals surface area contributed by atoms with Crippen LogP contribution in [0.25, 0.3) is 16.6 Å². The van der Waals surface area contributed by atoms with Crippen molar-refractivity contribution in [1.82, 2.24) is 14.3 Å². The number of aromatic nitrogens is 3. The number of benzene rings is 1. The molecule has 0 fully saturated rings. The lowest BCUT2D eigenvalue weighted by Gasteiger charge is -2.07. The van der Waals surface area contributed by atoms with Gasteiger partial charge in [-0.05, 0) is 31.2 Å². The fourth-order valence-corrected chi connectivity index (χ4v) is 2.69. The molecule has 2 heterocycles. The number of aryl methyl sites for hydroxylation is 1. The van der Waals surface area contributed by atoms with Crippen LogP contribution >= 0.6 is 11.6 Å². The number of halogens is 1. The van der Waals surface area contributed by atoms with E-state index >= 15 is 0 Å². The van der Waals surface area contributed by atoms with Crippen LogP contribution in [0.15, 0.2) is 39.9 Å². The molecule has 6 nitrogen and oxygen atoms in total. The number of aliphatic hydroxyl groups excluding tert-OH is 1. The zero-order valence-corrected chi connectivity index (χ0v) is 12.6. The number of nitrogens with zero attached hydrogens (tertiary/aromatic N) is 2. The van der Waals surface area contributed by atoms with Gasteiger partial charge in [-0.3, -0.25) is 14.7 Å². The molecule has 7 heteroatoms. The molecule has 0 aliphatic carbocycles. The lowest BCUT2D eigenvalue weighted by atomic mass is 10.2. The van der Waals surface area contributed by atoms with E-state index in [4.69, 9.17) is 16.7 Å². The molecule has 0 aliphatic rings. The molecule has 114 valence electrons. The first-order valence-electron chi connectivity index (χ1n) is 6.75. The third-order valence-electron chi connectivity index (χ3n) is 3.63. The first-order chi connectivity index (χ1) is 10.5. The molecule has 0 aliphatic heterocycles. The van der Waals surface area contributed by atoms with Crippen molar-refractivity contribution in [2.75, 3.05) is 6.61 Å². The molecule has 0 atom stereocenters. The zero-order valence-electron chi connectivity index (χ0n) is 11.8. The van der Waals surface area contributed by atoms with Crippen LogP contribution in [0.5, 0.6) is 0 Å². The highest BCUT2D eigenvalue weighted by atomic mass is 35.5. The number of hydrogen-bond acceptors (Lipinski definition) is 3. The molecule has 3 aromatic rings. The molecule has 2 N–H and O–H groups in total. The van der Waals surface area contributed by atoms with Gasteiger partial charge in [-0.25, -0.2) is 4.68 Å². The number of pyridine rings is 1. The van der Waals surface area contributed by atoms with Crippen LogP contribution in [0, 0.1) is 6.92 Å². The minimum atomic E-state index is -0.261. The molecule has 22 heavy (non-hydrogen) atoms. The summed E-state index contributed by atoms with van der Waals surface area (Å²) in [6, 6.07) is 8.17. The van der Waals surface area contributed by atoms with Crippen LogP contribution in [0.3, 0.4) is 0 Å². The Labute approximate surface area is 130 Å². The number of rotatable bonds is 3. The fourth-order valence-electron chi connectivity index (χ4n) is 2.56. The highest BCUT2D eigenvalue weighted by Gasteiger charge is 2.14. The Morgan fingerprint density at radius 3 is 2.55 bits per heavy atom. The van der Waals surface area contributed by atoms with Crippen LogP contribution in [-0.2, 0) is 6.54 Å². The maximum Gasteiger partial charge on any atom is 0.280 e. The van der Waals surface area contributed by atoms with Gasteiger partial charge in [-0.15, -0.1) is 0 Å². The van der Waals surface area contributed by atoms with Gasteiger partial charge in [0.1, 0.15) is 0 Å². The summed E-state index contributed by atoms with van der Waals surface area (Å²) in [5.74, 6) is 0. The molecule has 0 spiro atoms. The predicted octanol–water partition coefficient (Wildman–Crippen LogP) is 1.43. The van der Waals surface area contributed by atoms with Crippen molar-refractivity contribution in [3.63, 3.8) is 0 Å². The van der Waals surface area contributed by atoms with Gasteiger partial charge in [-0.2, -0.15) is 0 Å². The van der Waals surface area contributed by atoms with E-state index in [2.05, 4.69) is 5.10 Å². The van der Waals surface area contributed by atoms with E-state index in [9.17, 15) is 9.59 Å². The average Bonchev–Trinajstić information content (AvgIpc) is 2.81. The maximum absolute atomic E-state index is 12.6. The van der Waals surface area contributed by atoms with E-state index in [-0.39, 0.29) is 24.3 Å². The Bertz CT molecular complexity index is 951. The van der Waals surface area contributed by atoms with Gasteiger partial charge in [0, 0.05) is 23.3 Å². The van der Waals surface area contributed by atoms with Gasteiger partial charge < -0.3 is 9.67 Å². The minimum Gasteiger partial charge on any atom is -0.395 e. The summed E-state index contributed by atoms with van der Waals surface area (Å²) in [5.41, 5.74) is 1.12. The van der Waals surface area contributed by atoms with Crippen molar-refractivity contribution in [2.45, 2.75) is 13.5 Å². The summed E-state index contributed by atoms with van der Waals surface area (Å²) in [6.07, 6.45) is 0. The summed E-state index contributed by atoms with van der Waals surface area (Å²) in [5, 5.41) is 13.0. The third kappa shape index (κ3) is 2.26. The SMILES string of the molecule is Cc1c2c(=O)n(-c3ccc(Cl)cc3)[nH]c2cc(=O)n1CCO. The van der Waals surface area contributed by atoms with E-state index in [1.54, 1.807) is 31.2 Å². The molecule has 0 radical (unpaired) electrons. The number of aromatic amines is 1. The van der Waals surface area contributed by atoms with Gasteiger partial charge >= 0.3 is 0 Å². The number of fused-ring (bicyclic) bond motifs is 1. The first-order valence-corrected chi connectivity index (χ1v) is 7.12. The van der Waals surface area contributed by atoms with Crippen molar-refractivity contribution in [3.8, 4) is 5.69 Å². The van der Waals surface area contributed by atoms with E-state index < -0.39 is 0 Å². The number of H-pyrrole nitrogens is 1. The molecule has 1 aromatic carbocycles. The van der Waals surface area contributed by atoms with Crippen molar-refractivity contribution in [1.29, 1.82) is 0 Å². The molecule has 0 amide bonds. The number of nitrogens with one attached hydrogen (secondary N) is 1. The molecule has 3 rings (SSSR count). The van der Waals surface area contributed by atoms with E-state index in [0.29, 0.717) is 27.3 Å². The second kappa shape index (κ2) is 5.47. The lowest BCUT2D eigenvalue weighted by Crippen LogP contribution is -2.24. The van der Waals surface area contributed by atoms with Crippen LogP contribution in [0.4, 0.5) is 0 Å². The van der Waals surface area contributed by atoms with Crippen LogP contribution in [-0.4, -0.2) is 26.1 Å². The largest absolute Gasteiger partial charge is 0.395 e. The Kier molecular flexibility index (Phi) is 3.64. The Morgan fingerprint density at radius 1 is 1.23 bits per heavy atom. The average molecular weight is 320 g/mol. The monoisotopic (exact) mass is 319 g/mol. The Hall–Kier alpha value is -2.31. The first kappa shape index (κ1) is 14.6. The topological polar surface area (TPSA) is 80.0 Å². The summed E-state index contributed by atoms with van der Waals surface area (Å²) < 4.78 is 2.76. The molecule has 0 unspecified atom stereocenters. The molecular formula is C15H14ClN3O3. The van der Waals surface area contributed by atoms with Crippen LogP contribution < -0.4 is 11.1 Å². The standard InChI is InChI=1S/C15H14ClN3O3/c1-9-14-12(8-13(21)18(9)6-7-20)17-19(15(14)22)11-4-2-10(16)3-5-11/h2-5,8,17,20H,6-7H2,1H3. The molecule has 0 saturated carbocycles. The van der Waals surface area contributed by atoms with Gasteiger partial charge in [-0.1, -0.05) is 11.6 Å². The number of aliphatic hydroxyl groups is 1. The van der Waals surface area contributed by atoms with Gasteiger partial charge in [0.15, 0.2) is 0 Å². The summed E-state index contributed by atoms with van der Waals surface area (Å²) in [4.78, 5) is 24.7. The van der Waals surface area contributed by atoms with Crippen molar-refractivity contribution in [3.05, 3.63) is 61.8 Å². The molecule has 0 bridgehead atoms. The highest BCUT2D eigenvalue weighted by molar-refractivity contribution is 6.30. The Morgan fingerprint density at radius 2 is 1.91 bits per heavy atom. The summed E-state index contributed by atoms with van der Waals surface area (Å²) in [6.45, 7) is 1.69. The van der Waals surface area contributed by atoms with Crippen molar-refractivity contribution < 1.29 is 5.11 Å². The van der Waals surface area contributed by atoms with Crippen molar-refractivity contribution >= 4 is 22.5 Å². The van der Waals surface area contributed by atoms with Gasteiger partial charge in [0.05, 0.1) is 23.2 Å². The normalized spacial score (nSPS) is 11.2. The van der Waals surface area contributed by atoms with E-state index in [1.165, 1.54) is 15.3 Å². The Balaban J connectivity index is 2.30. The second-order valence-electron chi connectivity index (χ2n) is 4.96. The summed E-state index contributed by atoms with van der Waals surface area (Å²) in [7, 11) is 0. The minimum absolute atomic E-state index is 0.159. The molecule has 0 saturated heterocycles. The van der Waals surface area contributed by atoms with Gasteiger partial charge in [0.25, 0.3) is 11.1 Å². The smallest absolute Gasteiger partial charge is 0.280 e. The summed E-state index contributed by atoms with van der Waals surface area (Å²) >= 11 is 5.85. The van der Waals surface area contributed by atoms with Crippen LogP contribution in [0.1, 0.15) is 5.69 Å². The number of hydrogen-bond donors (Lipinski definition) is 2. The van der Waals surface area contributed by atoms with Crippen molar-refractivity contribution in [2.24, 2.45) is 0 Å². The van der Waals surface area contributed by atoms with E-state index in [1.807, 2.05) is 0 Å². The second-order valence-corrected chi connectivity index (χ2v) is 5.40. The maximum atomic E-state index is 12.6. The van der Waals surface area contributed by atoms with Crippen LogP contribution in [0.2, 0.25) is 5.02 Å². The van der Waals surface area contributed by atoms with E-state index in [0.717, 1.165) is 0 Å². The highest BCUT2D eigenvalue weighted by Crippen LogP contribution is 2.15. The third-order valence-corrected chi connectivity index (χ3v) is 3.88. The fraction of sp³-hybridized carbons (Fsp3) is 0.200.